The molecule has 0 aliphatic heterocycles. The first kappa shape index (κ1) is 17.4. The Morgan fingerprint density at radius 2 is 1.91 bits per heavy atom. The molecule has 1 saturated carbocycles. The van der Waals surface area contributed by atoms with Gasteiger partial charge < -0.3 is 10.0 Å². The summed E-state index contributed by atoms with van der Waals surface area (Å²) in [5, 5.41) is 10.1. The number of thioether (sulfide) groups is 1. The monoisotopic (exact) mass is 321 g/mol. The summed E-state index contributed by atoms with van der Waals surface area (Å²) in [6.07, 6.45) is 4.25. The van der Waals surface area contributed by atoms with Gasteiger partial charge in [-0.1, -0.05) is 43.2 Å². The average molecular weight is 321 g/mol. The van der Waals surface area contributed by atoms with Crippen molar-refractivity contribution in [3.05, 3.63) is 35.9 Å². The van der Waals surface area contributed by atoms with E-state index in [1.165, 1.54) is 24.6 Å². The van der Waals surface area contributed by atoms with Crippen LogP contribution in [-0.4, -0.2) is 39.5 Å². The second-order valence-corrected chi connectivity index (χ2v) is 7.30. The third-order valence-corrected chi connectivity index (χ3v) is 5.25. The molecular formula is C18H27NO2S. The van der Waals surface area contributed by atoms with E-state index in [1.54, 1.807) is 0 Å². The molecule has 0 spiro atoms. The van der Waals surface area contributed by atoms with Gasteiger partial charge in [0.1, 0.15) is 0 Å². The van der Waals surface area contributed by atoms with Gasteiger partial charge in [0.15, 0.2) is 0 Å². The highest BCUT2D eigenvalue weighted by Crippen LogP contribution is 2.26. The van der Waals surface area contributed by atoms with E-state index in [4.69, 9.17) is 0 Å². The van der Waals surface area contributed by atoms with Gasteiger partial charge in [0.05, 0.1) is 11.9 Å². The largest absolute Gasteiger partial charge is 0.388 e. The number of aliphatic hydroxyl groups excluding tert-OH is 1. The molecule has 0 heterocycles. The summed E-state index contributed by atoms with van der Waals surface area (Å²) >= 11 is 1.53. The molecule has 1 aliphatic rings. The van der Waals surface area contributed by atoms with Gasteiger partial charge in [-0.3, -0.25) is 4.79 Å². The number of rotatable bonds is 7. The van der Waals surface area contributed by atoms with E-state index in [0.29, 0.717) is 17.5 Å². The van der Waals surface area contributed by atoms with Crippen LogP contribution in [0.4, 0.5) is 0 Å². The number of benzene rings is 1. The highest BCUT2D eigenvalue weighted by Gasteiger charge is 2.28. The van der Waals surface area contributed by atoms with E-state index in [-0.39, 0.29) is 11.9 Å². The van der Waals surface area contributed by atoms with Crippen LogP contribution in [0.15, 0.2) is 30.3 Å². The normalized spacial score (nSPS) is 16.9. The summed E-state index contributed by atoms with van der Waals surface area (Å²) in [6.45, 7) is 4.19. The minimum Gasteiger partial charge on any atom is -0.388 e. The molecule has 22 heavy (non-hydrogen) atoms. The smallest absolute Gasteiger partial charge is 0.233 e. The van der Waals surface area contributed by atoms with Gasteiger partial charge in [0.2, 0.25) is 5.91 Å². The molecule has 1 fully saturated rings. The maximum atomic E-state index is 12.5. The predicted octanol–water partition coefficient (Wildman–Crippen LogP) is 3.63. The van der Waals surface area contributed by atoms with Crippen molar-refractivity contribution in [2.24, 2.45) is 0 Å². The summed E-state index contributed by atoms with van der Waals surface area (Å²) in [5.74, 6) is 1.23. The summed E-state index contributed by atoms with van der Waals surface area (Å²) in [6, 6.07) is 10.3. The van der Waals surface area contributed by atoms with E-state index >= 15 is 0 Å². The minimum absolute atomic E-state index is 0.215. The molecule has 0 radical (unpaired) electrons. The Morgan fingerprint density at radius 3 is 2.50 bits per heavy atom. The van der Waals surface area contributed by atoms with Crippen molar-refractivity contribution in [1.29, 1.82) is 0 Å². The summed E-state index contributed by atoms with van der Waals surface area (Å²) in [5.41, 5.74) is 0.916. The highest BCUT2D eigenvalue weighted by molar-refractivity contribution is 7.99. The number of aliphatic hydroxyl groups is 1. The van der Waals surface area contributed by atoms with Crippen molar-refractivity contribution in [3.63, 3.8) is 0 Å². The molecule has 1 aromatic rings. The SMILES string of the molecule is CC(C)N(C(=O)CSCC(O)c1ccccc1)C1CCCC1. The molecule has 122 valence electrons. The number of carbonyl (C=O) groups is 1. The van der Waals surface area contributed by atoms with Crippen LogP contribution in [0.1, 0.15) is 51.2 Å². The van der Waals surface area contributed by atoms with Crippen molar-refractivity contribution in [2.75, 3.05) is 11.5 Å². The van der Waals surface area contributed by atoms with Crippen molar-refractivity contribution in [1.82, 2.24) is 4.90 Å². The topological polar surface area (TPSA) is 40.5 Å². The minimum atomic E-state index is -0.502. The Labute approximate surface area is 138 Å². The van der Waals surface area contributed by atoms with Crippen LogP contribution in [0.2, 0.25) is 0 Å². The second-order valence-electron chi connectivity index (χ2n) is 6.27. The summed E-state index contributed by atoms with van der Waals surface area (Å²) in [4.78, 5) is 14.6. The quantitative estimate of drug-likeness (QED) is 0.833. The van der Waals surface area contributed by atoms with Gasteiger partial charge in [-0.2, -0.15) is 0 Å². The zero-order valence-electron chi connectivity index (χ0n) is 13.6. The lowest BCUT2D eigenvalue weighted by molar-refractivity contribution is -0.132. The van der Waals surface area contributed by atoms with Crippen LogP contribution in [0.5, 0.6) is 0 Å². The Hall–Kier alpha value is -1.00. The van der Waals surface area contributed by atoms with Gasteiger partial charge in [-0.05, 0) is 32.3 Å². The van der Waals surface area contributed by atoms with Crippen molar-refractivity contribution in [2.45, 2.75) is 57.7 Å². The number of nitrogens with zero attached hydrogens (tertiary/aromatic N) is 1. The summed E-state index contributed by atoms with van der Waals surface area (Å²) < 4.78 is 0. The van der Waals surface area contributed by atoms with Crippen LogP contribution in [0, 0.1) is 0 Å². The maximum absolute atomic E-state index is 12.5. The standard InChI is InChI=1S/C18H27NO2S/c1-14(2)19(16-10-6-7-11-16)18(21)13-22-12-17(20)15-8-4-3-5-9-15/h3-5,8-9,14,16-17,20H,6-7,10-13H2,1-2H3. The lowest BCUT2D eigenvalue weighted by Gasteiger charge is -2.33. The second kappa shape index (κ2) is 8.59. The van der Waals surface area contributed by atoms with Crippen LogP contribution in [0.25, 0.3) is 0 Å². The van der Waals surface area contributed by atoms with Gasteiger partial charge in [0.25, 0.3) is 0 Å². The van der Waals surface area contributed by atoms with Crippen LogP contribution in [-0.2, 0) is 4.79 Å². The van der Waals surface area contributed by atoms with Gasteiger partial charge in [-0.25, -0.2) is 0 Å². The molecule has 1 aromatic carbocycles. The lowest BCUT2D eigenvalue weighted by atomic mass is 10.1. The maximum Gasteiger partial charge on any atom is 0.233 e. The number of amides is 1. The van der Waals surface area contributed by atoms with Gasteiger partial charge >= 0.3 is 0 Å². The fraction of sp³-hybridized carbons (Fsp3) is 0.611. The molecule has 0 aromatic heterocycles. The van der Waals surface area contributed by atoms with Gasteiger partial charge in [-0.15, -0.1) is 11.8 Å². The molecule has 4 heteroatoms. The molecule has 1 aliphatic carbocycles. The van der Waals surface area contributed by atoms with Crippen LogP contribution in [0.3, 0.4) is 0 Å². The zero-order valence-corrected chi connectivity index (χ0v) is 14.4. The fourth-order valence-corrected chi connectivity index (χ4v) is 4.06. The van der Waals surface area contributed by atoms with Crippen molar-refractivity contribution < 1.29 is 9.90 Å². The van der Waals surface area contributed by atoms with E-state index in [9.17, 15) is 9.90 Å². The molecule has 0 saturated heterocycles. The number of carbonyl (C=O) groups excluding carboxylic acids is 1. The first-order chi connectivity index (χ1) is 10.6. The summed E-state index contributed by atoms with van der Waals surface area (Å²) in [7, 11) is 0. The Kier molecular flexibility index (Phi) is 6.77. The third kappa shape index (κ3) is 4.75. The fourth-order valence-electron chi connectivity index (χ4n) is 3.20. The van der Waals surface area contributed by atoms with Crippen molar-refractivity contribution >= 4 is 17.7 Å². The Balaban J connectivity index is 1.80. The molecular weight excluding hydrogens is 294 g/mol. The van der Waals surface area contributed by atoms with E-state index < -0.39 is 6.10 Å². The molecule has 1 N–H and O–H groups in total. The van der Waals surface area contributed by atoms with Crippen LogP contribution < -0.4 is 0 Å². The van der Waals surface area contributed by atoms with Crippen LogP contribution >= 0.6 is 11.8 Å². The molecule has 1 amide bonds. The van der Waals surface area contributed by atoms with Gasteiger partial charge in [0, 0.05) is 17.8 Å². The molecule has 2 rings (SSSR count). The highest BCUT2D eigenvalue weighted by atomic mass is 32.2. The third-order valence-electron chi connectivity index (χ3n) is 4.25. The first-order valence-electron chi connectivity index (χ1n) is 8.21. The average Bonchev–Trinajstić information content (AvgIpc) is 3.01. The molecule has 1 unspecified atom stereocenters. The van der Waals surface area contributed by atoms with E-state index in [2.05, 4.69) is 18.7 Å². The molecule has 3 nitrogen and oxygen atoms in total. The van der Waals surface area contributed by atoms with E-state index in [1.807, 2.05) is 30.3 Å². The van der Waals surface area contributed by atoms with Crippen molar-refractivity contribution in [3.8, 4) is 0 Å². The predicted molar refractivity (Wildman–Crippen MR) is 93.0 cm³/mol. The zero-order chi connectivity index (χ0) is 15.9. The Morgan fingerprint density at radius 1 is 1.27 bits per heavy atom. The molecule has 0 bridgehead atoms. The van der Waals surface area contributed by atoms with E-state index in [0.717, 1.165) is 18.4 Å². The first-order valence-corrected chi connectivity index (χ1v) is 9.37. The number of hydrogen-bond acceptors (Lipinski definition) is 3. The lowest BCUT2D eigenvalue weighted by Crippen LogP contribution is -2.44. The molecule has 1 atom stereocenters. The number of hydrogen-bond donors (Lipinski definition) is 1. The Bertz CT molecular complexity index is 457.